The minimum Gasteiger partial charge on any atom is -0.454 e. The molecule has 1 amide bonds. The van der Waals surface area contributed by atoms with Crippen LogP contribution in [0.5, 0.6) is 11.5 Å². The van der Waals surface area contributed by atoms with E-state index in [4.69, 9.17) is 9.47 Å². The highest BCUT2D eigenvalue weighted by Gasteiger charge is 2.15. The van der Waals surface area contributed by atoms with E-state index in [1.165, 1.54) is 0 Å². The van der Waals surface area contributed by atoms with E-state index >= 15 is 0 Å². The van der Waals surface area contributed by atoms with Gasteiger partial charge in [0, 0.05) is 17.3 Å². The van der Waals surface area contributed by atoms with Gasteiger partial charge in [-0.2, -0.15) is 0 Å². The van der Waals surface area contributed by atoms with E-state index in [0.717, 1.165) is 11.1 Å². The number of carbonyl (C=O) groups is 1. The summed E-state index contributed by atoms with van der Waals surface area (Å²) in [6.45, 7) is 4.17. The van der Waals surface area contributed by atoms with Crippen LogP contribution < -0.4 is 14.8 Å². The summed E-state index contributed by atoms with van der Waals surface area (Å²) in [5.74, 6) is 1.24. The second-order valence-electron chi connectivity index (χ2n) is 4.77. The zero-order valence-corrected chi connectivity index (χ0v) is 11.4. The zero-order valence-electron chi connectivity index (χ0n) is 11.4. The maximum atomic E-state index is 12.3. The second kappa shape index (κ2) is 4.89. The molecule has 4 heteroatoms. The van der Waals surface area contributed by atoms with Crippen molar-refractivity contribution in [3.8, 4) is 11.5 Å². The van der Waals surface area contributed by atoms with Crippen molar-refractivity contribution in [2.24, 2.45) is 0 Å². The lowest BCUT2D eigenvalue weighted by Crippen LogP contribution is -2.13. The van der Waals surface area contributed by atoms with Crippen LogP contribution in [0, 0.1) is 13.8 Å². The molecule has 3 rings (SSSR count). The Kier molecular flexibility index (Phi) is 3.06. The number of amides is 1. The molecule has 1 heterocycles. The average Bonchev–Trinajstić information content (AvgIpc) is 2.89. The van der Waals surface area contributed by atoms with Gasteiger partial charge in [0.2, 0.25) is 6.79 Å². The van der Waals surface area contributed by atoms with Crippen molar-refractivity contribution in [3.05, 3.63) is 53.1 Å². The van der Waals surface area contributed by atoms with Crippen molar-refractivity contribution < 1.29 is 14.3 Å². The number of benzene rings is 2. The number of rotatable bonds is 2. The molecule has 0 unspecified atom stereocenters. The summed E-state index contributed by atoms with van der Waals surface area (Å²) in [5.41, 5.74) is 3.47. The van der Waals surface area contributed by atoms with Gasteiger partial charge in [0.1, 0.15) is 0 Å². The normalized spacial score (nSPS) is 12.3. The molecule has 0 aromatic heterocycles. The Labute approximate surface area is 117 Å². The van der Waals surface area contributed by atoms with E-state index in [0.29, 0.717) is 22.7 Å². The van der Waals surface area contributed by atoms with Crippen LogP contribution in [0.3, 0.4) is 0 Å². The number of nitrogens with one attached hydrogen (secondary N) is 1. The minimum absolute atomic E-state index is 0.120. The van der Waals surface area contributed by atoms with Crippen LogP contribution in [0.1, 0.15) is 21.5 Å². The molecule has 20 heavy (non-hydrogen) atoms. The van der Waals surface area contributed by atoms with Gasteiger partial charge in [-0.15, -0.1) is 0 Å². The van der Waals surface area contributed by atoms with Crippen LogP contribution in [0.4, 0.5) is 5.69 Å². The molecule has 0 radical (unpaired) electrons. The molecule has 4 nitrogen and oxygen atoms in total. The maximum Gasteiger partial charge on any atom is 0.255 e. The topological polar surface area (TPSA) is 47.6 Å². The maximum absolute atomic E-state index is 12.3. The number of ether oxygens (including phenoxy) is 2. The summed E-state index contributed by atoms with van der Waals surface area (Å²) < 4.78 is 10.5. The van der Waals surface area contributed by atoms with E-state index in [1.807, 2.05) is 32.0 Å². The Balaban J connectivity index is 1.84. The Hall–Kier alpha value is -2.49. The Bertz CT molecular complexity index is 679. The lowest BCUT2D eigenvalue weighted by Gasteiger charge is -2.10. The van der Waals surface area contributed by atoms with Gasteiger partial charge < -0.3 is 14.8 Å². The molecular weight excluding hydrogens is 254 g/mol. The van der Waals surface area contributed by atoms with Crippen molar-refractivity contribution >= 4 is 11.6 Å². The molecule has 0 saturated carbocycles. The lowest BCUT2D eigenvalue weighted by molar-refractivity contribution is 0.102. The number of fused-ring (bicyclic) bond motifs is 1. The fourth-order valence-corrected chi connectivity index (χ4v) is 2.17. The molecule has 0 spiro atoms. The Morgan fingerprint density at radius 2 is 1.90 bits per heavy atom. The SMILES string of the molecule is Cc1cccc(C(=O)Nc2ccc3c(c2)OCO3)c1C. The van der Waals surface area contributed by atoms with Gasteiger partial charge in [-0.25, -0.2) is 0 Å². The molecule has 102 valence electrons. The molecular formula is C16H15NO3. The van der Waals surface area contributed by atoms with Gasteiger partial charge >= 0.3 is 0 Å². The van der Waals surface area contributed by atoms with Crippen LogP contribution in [0.2, 0.25) is 0 Å². The molecule has 1 aliphatic rings. The summed E-state index contributed by atoms with van der Waals surface area (Å²) in [5, 5.41) is 2.88. The quantitative estimate of drug-likeness (QED) is 0.910. The first-order valence-corrected chi connectivity index (χ1v) is 6.42. The van der Waals surface area contributed by atoms with Gasteiger partial charge in [-0.05, 0) is 43.2 Å². The van der Waals surface area contributed by atoms with Crippen molar-refractivity contribution in [2.45, 2.75) is 13.8 Å². The number of hydrogen-bond donors (Lipinski definition) is 1. The van der Waals surface area contributed by atoms with Crippen LogP contribution >= 0.6 is 0 Å². The van der Waals surface area contributed by atoms with E-state index in [9.17, 15) is 4.79 Å². The molecule has 0 aliphatic carbocycles. The first-order chi connectivity index (χ1) is 9.65. The van der Waals surface area contributed by atoms with Gasteiger partial charge in [0.15, 0.2) is 11.5 Å². The van der Waals surface area contributed by atoms with Crippen molar-refractivity contribution in [1.82, 2.24) is 0 Å². The molecule has 0 fully saturated rings. The Morgan fingerprint density at radius 3 is 2.75 bits per heavy atom. The third-order valence-corrected chi connectivity index (χ3v) is 3.48. The molecule has 1 aliphatic heterocycles. The molecule has 1 N–H and O–H groups in total. The monoisotopic (exact) mass is 269 g/mol. The highest BCUT2D eigenvalue weighted by atomic mass is 16.7. The zero-order chi connectivity index (χ0) is 14.1. The van der Waals surface area contributed by atoms with Crippen LogP contribution in [0.25, 0.3) is 0 Å². The van der Waals surface area contributed by atoms with Gasteiger partial charge in [-0.1, -0.05) is 12.1 Å². The first-order valence-electron chi connectivity index (χ1n) is 6.42. The molecule has 0 saturated heterocycles. The van der Waals surface area contributed by atoms with Crippen molar-refractivity contribution in [1.29, 1.82) is 0 Å². The molecule has 0 atom stereocenters. The number of carbonyl (C=O) groups excluding carboxylic acids is 1. The van der Waals surface area contributed by atoms with E-state index in [1.54, 1.807) is 18.2 Å². The van der Waals surface area contributed by atoms with Crippen molar-refractivity contribution in [3.63, 3.8) is 0 Å². The summed E-state index contributed by atoms with van der Waals surface area (Å²) in [6.07, 6.45) is 0. The summed E-state index contributed by atoms with van der Waals surface area (Å²) in [7, 11) is 0. The van der Waals surface area contributed by atoms with Crippen molar-refractivity contribution in [2.75, 3.05) is 12.1 Å². The highest BCUT2D eigenvalue weighted by Crippen LogP contribution is 2.34. The van der Waals surface area contributed by atoms with Crippen LogP contribution in [-0.4, -0.2) is 12.7 Å². The predicted octanol–water partition coefficient (Wildman–Crippen LogP) is 3.28. The summed E-state index contributed by atoms with van der Waals surface area (Å²) in [4.78, 5) is 12.3. The van der Waals surface area contributed by atoms with Gasteiger partial charge in [-0.3, -0.25) is 4.79 Å². The molecule has 2 aromatic carbocycles. The number of hydrogen-bond acceptors (Lipinski definition) is 3. The van der Waals surface area contributed by atoms with Gasteiger partial charge in [0.25, 0.3) is 5.91 Å². The number of aryl methyl sites for hydroxylation is 1. The van der Waals surface area contributed by atoms with E-state index in [2.05, 4.69) is 5.32 Å². The average molecular weight is 269 g/mol. The fraction of sp³-hybridized carbons (Fsp3) is 0.188. The summed E-state index contributed by atoms with van der Waals surface area (Å²) in [6, 6.07) is 11.1. The number of anilines is 1. The molecule has 2 aromatic rings. The predicted molar refractivity (Wildman–Crippen MR) is 76.4 cm³/mol. The minimum atomic E-state index is -0.120. The van der Waals surface area contributed by atoms with Crippen LogP contribution in [-0.2, 0) is 0 Å². The second-order valence-corrected chi connectivity index (χ2v) is 4.77. The smallest absolute Gasteiger partial charge is 0.255 e. The van der Waals surface area contributed by atoms with Crippen LogP contribution in [0.15, 0.2) is 36.4 Å². The van der Waals surface area contributed by atoms with Gasteiger partial charge in [0.05, 0.1) is 0 Å². The molecule has 0 bridgehead atoms. The lowest BCUT2D eigenvalue weighted by atomic mass is 10.0. The van der Waals surface area contributed by atoms with E-state index < -0.39 is 0 Å². The highest BCUT2D eigenvalue weighted by molar-refractivity contribution is 6.05. The first kappa shape index (κ1) is 12.5. The Morgan fingerprint density at radius 1 is 1.10 bits per heavy atom. The standard InChI is InChI=1S/C16H15NO3/c1-10-4-3-5-13(11(10)2)16(18)17-12-6-7-14-15(8-12)20-9-19-14/h3-8H,9H2,1-2H3,(H,17,18). The third-order valence-electron chi connectivity index (χ3n) is 3.48. The fourth-order valence-electron chi connectivity index (χ4n) is 2.17. The van der Waals surface area contributed by atoms with E-state index in [-0.39, 0.29) is 12.7 Å². The summed E-state index contributed by atoms with van der Waals surface area (Å²) >= 11 is 0. The largest absolute Gasteiger partial charge is 0.454 e. The third kappa shape index (κ3) is 2.20.